The molecule has 194 valence electrons. The molecule has 2 aromatic heterocycles. The van der Waals surface area contributed by atoms with Gasteiger partial charge in [-0.25, -0.2) is 13.4 Å². The summed E-state index contributed by atoms with van der Waals surface area (Å²) in [6, 6.07) is 18.2. The molecule has 0 unspecified atom stereocenters. The fraction of sp³-hybridized carbons (Fsp3) is 0.143. The van der Waals surface area contributed by atoms with Gasteiger partial charge in [0.25, 0.3) is 21.5 Å². The Morgan fingerprint density at radius 2 is 1.85 bits per heavy atom. The maximum Gasteiger partial charge on any atom is 0.261 e. The number of sulfonamides is 1. The summed E-state index contributed by atoms with van der Waals surface area (Å²) < 4.78 is 30.3. The molecule has 0 aliphatic carbocycles. The fourth-order valence-corrected chi connectivity index (χ4v) is 5.97. The average Bonchev–Trinajstić information content (AvgIpc) is 3.36. The monoisotopic (exact) mass is 538 g/mol. The summed E-state index contributed by atoms with van der Waals surface area (Å²) in [6.07, 6.45) is 3.06. The Kier molecular flexibility index (Phi) is 5.70. The summed E-state index contributed by atoms with van der Waals surface area (Å²) in [5.74, 6) is -0.249. The van der Waals surface area contributed by atoms with Crippen LogP contribution < -0.4 is 10.3 Å². The van der Waals surface area contributed by atoms with Crippen LogP contribution in [0.5, 0.6) is 0 Å². The van der Waals surface area contributed by atoms with Crippen LogP contribution in [-0.4, -0.2) is 46.8 Å². The lowest BCUT2D eigenvalue weighted by Crippen LogP contribution is -2.52. The number of hydrogen-bond donors (Lipinski definition) is 2. The number of benzene rings is 3. The van der Waals surface area contributed by atoms with E-state index >= 15 is 0 Å². The van der Waals surface area contributed by atoms with E-state index in [1.807, 2.05) is 13.0 Å². The minimum Gasteiger partial charge on any atom is -0.358 e. The zero-order chi connectivity index (χ0) is 27.3. The zero-order valence-corrected chi connectivity index (χ0v) is 21.6. The number of rotatable bonds is 5. The number of H-pyrrole nitrogens is 1. The Balaban J connectivity index is 1.17. The van der Waals surface area contributed by atoms with Gasteiger partial charge in [-0.15, -0.1) is 0 Å². The molecule has 0 radical (unpaired) electrons. The third-order valence-electron chi connectivity index (χ3n) is 7.05. The number of anilines is 1. The molecule has 6 rings (SSSR count). The standard InChI is InChI=1S/C28H22N6O4S/c1-17-6-11-24(26-25(17)19(12-29)13-30-26)32-39(37,38)21-9-7-18(8-10-21)27(35)33-14-20(15-33)34-16-31-23-5-3-2-4-22(23)28(34)36/h2-11,13,16,20,30,32H,14-15H2,1H3. The molecule has 2 N–H and O–H groups in total. The second-order valence-corrected chi connectivity index (χ2v) is 11.1. The normalized spacial score (nSPS) is 13.8. The SMILES string of the molecule is Cc1ccc(NS(=O)(=O)c2ccc(C(=O)N3CC(n4cnc5ccccc5c4=O)C3)cc2)c2[nH]cc(C#N)c12. The number of carbonyl (C=O) groups is 1. The van der Waals surface area contributed by atoms with Gasteiger partial charge in [-0.2, -0.15) is 5.26 Å². The van der Waals surface area contributed by atoms with Crippen molar-refractivity contribution in [1.82, 2.24) is 19.4 Å². The molecule has 0 atom stereocenters. The first kappa shape index (κ1) is 24.4. The number of likely N-dealkylation sites (tertiary alicyclic amines) is 1. The Labute approximate surface area is 223 Å². The van der Waals surface area contributed by atoms with Crippen molar-refractivity contribution in [2.45, 2.75) is 17.9 Å². The summed E-state index contributed by atoms with van der Waals surface area (Å²) in [6.45, 7) is 2.55. The number of amides is 1. The summed E-state index contributed by atoms with van der Waals surface area (Å²) in [5, 5.41) is 10.5. The van der Waals surface area contributed by atoms with E-state index in [0.717, 1.165) is 5.56 Å². The number of fused-ring (bicyclic) bond motifs is 2. The van der Waals surface area contributed by atoms with Gasteiger partial charge in [-0.05, 0) is 55.0 Å². The largest absolute Gasteiger partial charge is 0.358 e. The number of nitriles is 1. The van der Waals surface area contributed by atoms with E-state index in [9.17, 15) is 23.3 Å². The van der Waals surface area contributed by atoms with Gasteiger partial charge in [0.05, 0.1) is 44.9 Å². The topological polar surface area (TPSA) is 141 Å². The first-order valence-corrected chi connectivity index (χ1v) is 13.6. The van der Waals surface area contributed by atoms with Crippen LogP contribution in [0.1, 0.15) is 27.5 Å². The third-order valence-corrected chi connectivity index (χ3v) is 8.43. The molecule has 0 spiro atoms. The molecule has 3 heterocycles. The molecule has 1 aliphatic rings. The van der Waals surface area contributed by atoms with Crippen molar-refractivity contribution in [2.24, 2.45) is 0 Å². The van der Waals surface area contributed by atoms with Crippen molar-refractivity contribution in [3.8, 4) is 6.07 Å². The van der Waals surface area contributed by atoms with Gasteiger partial charge in [0.1, 0.15) is 6.07 Å². The van der Waals surface area contributed by atoms with Gasteiger partial charge in [-0.3, -0.25) is 18.9 Å². The van der Waals surface area contributed by atoms with E-state index < -0.39 is 10.0 Å². The highest BCUT2D eigenvalue weighted by atomic mass is 32.2. The number of aromatic nitrogens is 3. The summed E-state index contributed by atoms with van der Waals surface area (Å²) in [5.41, 5.74) is 2.95. The second kappa shape index (κ2) is 9.11. The Morgan fingerprint density at radius 1 is 1.10 bits per heavy atom. The lowest BCUT2D eigenvalue weighted by atomic mass is 10.1. The first-order valence-electron chi connectivity index (χ1n) is 12.2. The van der Waals surface area contributed by atoms with E-state index in [2.05, 4.69) is 20.8 Å². The minimum atomic E-state index is -3.96. The molecular weight excluding hydrogens is 516 g/mol. The van der Waals surface area contributed by atoms with E-state index in [4.69, 9.17) is 0 Å². The van der Waals surface area contributed by atoms with Gasteiger partial charge in [0, 0.05) is 30.2 Å². The molecule has 39 heavy (non-hydrogen) atoms. The van der Waals surface area contributed by atoms with Crippen molar-refractivity contribution in [3.05, 3.63) is 100 Å². The average molecular weight is 539 g/mol. The zero-order valence-electron chi connectivity index (χ0n) is 20.7. The number of nitrogens with zero attached hydrogens (tertiary/aromatic N) is 4. The molecule has 0 bridgehead atoms. The van der Waals surface area contributed by atoms with E-state index in [-0.39, 0.29) is 22.4 Å². The van der Waals surface area contributed by atoms with Crippen molar-refractivity contribution in [1.29, 1.82) is 5.26 Å². The fourth-order valence-electron chi connectivity index (χ4n) is 4.90. The lowest BCUT2D eigenvalue weighted by Gasteiger charge is -2.40. The van der Waals surface area contributed by atoms with Crippen LogP contribution in [0.2, 0.25) is 0 Å². The van der Waals surface area contributed by atoms with Crippen LogP contribution in [0.25, 0.3) is 21.8 Å². The van der Waals surface area contributed by atoms with Gasteiger partial charge >= 0.3 is 0 Å². The summed E-state index contributed by atoms with van der Waals surface area (Å²) in [7, 11) is -3.96. The number of hydrogen-bond acceptors (Lipinski definition) is 6. The van der Waals surface area contributed by atoms with E-state index in [1.165, 1.54) is 30.6 Å². The van der Waals surface area contributed by atoms with Gasteiger partial charge in [0.15, 0.2) is 0 Å². The third kappa shape index (κ3) is 4.11. The maximum atomic E-state index is 13.1. The van der Waals surface area contributed by atoms with Gasteiger partial charge < -0.3 is 9.88 Å². The predicted molar refractivity (Wildman–Crippen MR) is 146 cm³/mol. The highest BCUT2D eigenvalue weighted by Gasteiger charge is 2.33. The second-order valence-electron chi connectivity index (χ2n) is 9.46. The quantitative estimate of drug-likeness (QED) is 0.351. The Bertz CT molecular complexity index is 1980. The van der Waals surface area contributed by atoms with Crippen LogP contribution in [0.15, 0.2) is 82.9 Å². The highest BCUT2D eigenvalue weighted by molar-refractivity contribution is 7.92. The summed E-state index contributed by atoms with van der Waals surface area (Å²) >= 11 is 0. The Morgan fingerprint density at radius 3 is 2.59 bits per heavy atom. The van der Waals surface area contributed by atoms with Crippen LogP contribution in [0.3, 0.4) is 0 Å². The molecule has 5 aromatic rings. The van der Waals surface area contributed by atoms with Crippen molar-refractivity contribution in [3.63, 3.8) is 0 Å². The molecule has 1 saturated heterocycles. The van der Waals surface area contributed by atoms with Crippen molar-refractivity contribution < 1.29 is 13.2 Å². The first-order chi connectivity index (χ1) is 18.8. The van der Waals surface area contributed by atoms with E-state index in [1.54, 1.807) is 46.0 Å². The number of aromatic amines is 1. The molecular formula is C28H22N6O4S. The summed E-state index contributed by atoms with van der Waals surface area (Å²) in [4.78, 5) is 34.7. The van der Waals surface area contributed by atoms with Crippen molar-refractivity contribution in [2.75, 3.05) is 17.8 Å². The number of aryl methyl sites for hydroxylation is 1. The van der Waals surface area contributed by atoms with Crippen LogP contribution in [0.4, 0.5) is 5.69 Å². The number of para-hydroxylation sites is 1. The molecule has 1 aliphatic heterocycles. The predicted octanol–water partition coefficient (Wildman–Crippen LogP) is 3.56. The number of carbonyl (C=O) groups excluding carboxylic acids is 1. The molecule has 10 nitrogen and oxygen atoms in total. The van der Waals surface area contributed by atoms with Gasteiger partial charge in [-0.1, -0.05) is 18.2 Å². The van der Waals surface area contributed by atoms with Crippen LogP contribution in [0, 0.1) is 18.3 Å². The number of nitrogens with one attached hydrogen (secondary N) is 2. The molecule has 11 heteroatoms. The lowest BCUT2D eigenvalue weighted by molar-refractivity contribution is 0.0514. The molecule has 3 aromatic carbocycles. The minimum absolute atomic E-state index is 0.00452. The van der Waals surface area contributed by atoms with E-state index in [0.29, 0.717) is 51.7 Å². The highest BCUT2D eigenvalue weighted by Crippen LogP contribution is 2.30. The van der Waals surface area contributed by atoms with Crippen molar-refractivity contribution >= 4 is 43.4 Å². The molecule has 1 amide bonds. The molecule has 0 saturated carbocycles. The smallest absolute Gasteiger partial charge is 0.261 e. The van der Waals surface area contributed by atoms with Crippen LogP contribution in [-0.2, 0) is 10.0 Å². The van der Waals surface area contributed by atoms with Gasteiger partial charge in [0.2, 0.25) is 0 Å². The molecule has 1 fully saturated rings. The maximum absolute atomic E-state index is 13.1. The Hall–Kier alpha value is -4.95. The van der Waals surface area contributed by atoms with Crippen LogP contribution >= 0.6 is 0 Å².